The molecule has 0 aliphatic rings. The van der Waals surface area contributed by atoms with E-state index in [4.69, 9.17) is 16.0 Å². The molecule has 0 saturated carbocycles. The first-order chi connectivity index (χ1) is 15.5. The van der Waals surface area contributed by atoms with Gasteiger partial charge in [-0.15, -0.1) is 0 Å². The number of para-hydroxylation sites is 1. The molecule has 0 spiro atoms. The van der Waals surface area contributed by atoms with Crippen molar-refractivity contribution in [1.82, 2.24) is 20.3 Å². The summed E-state index contributed by atoms with van der Waals surface area (Å²) in [5, 5.41) is 16.1. The van der Waals surface area contributed by atoms with Crippen LogP contribution in [0.4, 0.5) is 5.95 Å². The minimum atomic E-state index is 0.0164. The van der Waals surface area contributed by atoms with E-state index in [2.05, 4.69) is 45.3 Å². The highest BCUT2D eigenvalue weighted by atomic mass is 16.5. The fourth-order valence-electron chi connectivity index (χ4n) is 3.12. The molecule has 0 bridgehead atoms. The zero-order valence-electron chi connectivity index (χ0n) is 18.1. The molecule has 9 nitrogen and oxygen atoms in total. The topological polar surface area (TPSA) is 146 Å². The quantitative estimate of drug-likeness (QED) is 0.455. The second-order valence-corrected chi connectivity index (χ2v) is 7.23. The lowest BCUT2D eigenvalue weighted by Crippen LogP contribution is -2.09. The van der Waals surface area contributed by atoms with Crippen LogP contribution in [-0.2, 0) is 6.54 Å². The average Bonchev–Trinajstić information content (AvgIpc) is 2.81. The minimum Gasteiger partial charge on any atom is -0.495 e. The van der Waals surface area contributed by atoms with Crippen molar-refractivity contribution in [3.8, 4) is 23.1 Å². The van der Waals surface area contributed by atoms with Gasteiger partial charge in [-0.25, -0.2) is 15.5 Å². The van der Waals surface area contributed by atoms with Crippen molar-refractivity contribution < 1.29 is 4.74 Å². The summed E-state index contributed by atoms with van der Waals surface area (Å²) in [5.74, 6) is 0.743. The van der Waals surface area contributed by atoms with Crippen LogP contribution in [0.5, 0.6) is 5.75 Å². The van der Waals surface area contributed by atoms with Gasteiger partial charge in [-0.1, -0.05) is 26.0 Å². The molecular formula is C23H24N8O. The Labute approximate surface area is 186 Å². The van der Waals surface area contributed by atoms with Crippen LogP contribution in [0.3, 0.4) is 0 Å². The number of rotatable bonds is 8. The summed E-state index contributed by atoms with van der Waals surface area (Å²) in [6.45, 7) is 4.65. The van der Waals surface area contributed by atoms with Crippen molar-refractivity contribution in [3.05, 3.63) is 71.3 Å². The van der Waals surface area contributed by atoms with Gasteiger partial charge in [-0.3, -0.25) is 4.98 Å². The minimum absolute atomic E-state index is 0.0164. The first-order valence-corrected chi connectivity index (χ1v) is 9.96. The molecular weight excluding hydrogens is 404 g/mol. The molecule has 2 heterocycles. The maximum atomic E-state index is 9.35. The number of ether oxygens (including phenoxy) is 1. The number of nitrogens with zero attached hydrogens (tertiary/aromatic N) is 5. The number of hydrogen-bond acceptors (Lipinski definition) is 9. The highest BCUT2D eigenvalue weighted by molar-refractivity contribution is 5.74. The van der Waals surface area contributed by atoms with Crippen LogP contribution in [0, 0.1) is 16.9 Å². The van der Waals surface area contributed by atoms with E-state index < -0.39 is 0 Å². The smallest absolute Gasteiger partial charge is 0.221 e. The predicted molar refractivity (Wildman–Crippen MR) is 121 cm³/mol. The van der Waals surface area contributed by atoms with Crippen LogP contribution >= 0.6 is 0 Å². The third-order valence-electron chi connectivity index (χ3n) is 4.68. The van der Waals surface area contributed by atoms with E-state index in [-0.39, 0.29) is 11.6 Å². The van der Waals surface area contributed by atoms with Gasteiger partial charge in [0.15, 0.2) is 0 Å². The highest BCUT2D eigenvalue weighted by Crippen LogP contribution is 2.33. The fraction of sp³-hybridized carbons (Fsp3) is 0.217. The van der Waals surface area contributed by atoms with Crippen LogP contribution in [0.15, 0.2) is 53.8 Å². The van der Waals surface area contributed by atoms with Gasteiger partial charge in [-0.05, 0) is 36.2 Å². The van der Waals surface area contributed by atoms with Gasteiger partial charge >= 0.3 is 0 Å². The number of nitriles is 1. The summed E-state index contributed by atoms with van der Waals surface area (Å²) in [6.07, 6.45) is 1.59. The van der Waals surface area contributed by atoms with Gasteiger partial charge in [0.1, 0.15) is 17.5 Å². The van der Waals surface area contributed by atoms with Crippen molar-refractivity contribution in [2.75, 3.05) is 12.8 Å². The molecule has 0 aliphatic carbocycles. The molecule has 3 aromatic rings. The lowest BCUT2D eigenvalue weighted by atomic mass is 10.1. The first-order valence-electron chi connectivity index (χ1n) is 9.96. The number of anilines is 1. The Hall–Kier alpha value is -4.32. The molecule has 0 amide bonds. The van der Waals surface area contributed by atoms with E-state index in [1.165, 1.54) is 7.11 Å². The Balaban J connectivity index is 1.90. The van der Waals surface area contributed by atoms with Crippen LogP contribution < -0.4 is 15.8 Å². The zero-order chi connectivity index (χ0) is 23.1. The standard InChI is InChI=1S/C23H24N8O/c1-14(2)18-9-5-7-16(28-18)12-27-13-21(31-26)20-10-19(29-23(25)30-20)17-8-4-6-15(11-24)22(17)32-3/h4-10,13-14,26-27H,12H2,1-3H3,(H2,25,29,30)/b21-13-,31-26?. The number of nitrogens with one attached hydrogen (secondary N) is 2. The third-order valence-corrected chi connectivity index (χ3v) is 4.68. The Bertz CT molecular complexity index is 1200. The molecule has 0 saturated heterocycles. The lowest BCUT2D eigenvalue weighted by Gasteiger charge is -2.11. The number of nitrogen functional groups attached to an aromatic ring is 1. The molecule has 0 unspecified atom stereocenters. The number of hydrogen-bond donors (Lipinski definition) is 3. The molecule has 162 valence electrons. The Morgan fingerprint density at radius 3 is 2.72 bits per heavy atom. The largest absolute Gasteiger partial charge is 0.495 e. The van der Waals surface area contributed by atoms with Crippen LogP contribution in [0.2, 0.25) is 0 Å². The molecule has 3 rings (SSSR count). The number of aromatic nitrogens is 3. The van der Waals surface area contributed by atoms with Gasteiger partial charge < -0.3 is 15.8 Å². The Morgan fingerprint density at radius 2 is 2.03 bits per heavy atom. The van der Waals surface area contributed by atoms with Crippen molar-refractivity contribution >= 4 is 11.6 Å². The lowest BCUT2D eigenvalue weighted by molar-refractivity contribution is 0.415. The average molecular weight is 429 g/mol. The second-order valence-electron chi connectivity index (χ2n) is 7.23. The molecule has 9 heteroatoms. The first kappa shape index (κ1) is 22.4. The zero-order valence-corrected chi connectivity index (χ0v) is 18.1. The van der Waals surface area contributed by atoms with Gasteiger partial charge in [-0.2, -0.15) is 10.4 Å². The molecule has 1 aromatic carbocycles. The summed E-state index contributed by atoms with van der Waals surface area (Å²) in [5.41, 5.74) is 17.5. The van der Waals surface area contributed by atoms with E-state index in [0.717, 1.165) is 11.4 Å². The normalized spacial score (nSPS) is 11.2. The number of methoxy groups -OCH3 is 1. The van der Waals surface area contributed by atoms with Gasteiger partial charge in [0.05, 0.1) is 36.3 Å². The van der Waals surface area contributed by atoms with E-state index in [9.17, 15) is 5.26 Å². The highest BCUT2D eigenvalue weighted by Gasteiger charge is 2.15. The monoisotopic (exact) mass is 428 g/mol. The molecule has 0 aliphatic heterocycles. The Kier molecular flexibility index (Phi) is 7.08. The molecule has 0 radical (unpaired) electrons. The maximum absolute atomic E-state index is 9.35. The molecule has 4 N–H and O–H groups in total. The SMILES string of the molecule is COc1c(C#N)cccc1-c1cc(/C(=C/NCc2cccc(C(C)C)n2)N=N)nc(N)n1. The van der Waals surface area contributed by atoms with Crippen LogP contribution in [0.1, 0.15) is 42.4 Å². The fourth-order valence-corrected chi connectivity index (χ4v) is 3.12. The van der Waals surface area contributed by atoms with Crippen LogP contribution in [0.25, 0.3) is 17.0 Å². The molecule has 0 fully saturated rings. The summed E-state index contributed by atoms with van der Waals surface area (Å²) >= 11 is 0. The molecule has 32 heavy (non-hydrogen) atoms. The number of pyridine rings is 1. The van der Waals surface area contributed by atoms with E-state index >= 15 is 0 Å². The van der Waals surface area contributed by atoms with Gasteiger partial charge in [0.2, 0.25) is 5.95 Å². The summed E-state index contributed by atoms with van der Waals surface area (Å²) in [4.78, 5) is 13.1. The van der Waals surface area contributed by atoms with Crippen molar-refractivity contribution in [2.45, 2.75) is 26.3 Å². The molecule has 2 aromatic heterocycles. The Morgan fingerprint density at radius 1 is 1.25 bits per heavy atom. The van der Waals surface area contributed by atoms with Crippen molar-refractivity contribution in [1.29, 1.82) is 10.8 Å². The third kappa shape index (κ3) is 5.05. The van der Waals surface area contributed by atoms with E-state index in [1.807, 2.05) is 18.2 Å². The van der Waals surface area contributed by atoms with E-state index in [1.54, 1.807) is 30.5 Å². The second kappa shape index (κ2) is 10.1. The van der Waals surface area contributed by atoms with Crippen molar-refractivity contribution in [3.63, 3.8) is 0 Å². The maximum Gasteiger partial charge on any atom is 0.221 e. The van der Waals surface area contributed by atoms with Crippen LogP contribution in [-0.4, -0.2) is 22.1 Å². The summed E-state index contributed by atoms with van der Waals surface area (Å²) in [7, 11) is 1.49. The van der Waals surface area contributed by atoms with Crippen molar-refractivity contribution in [2.24, 2.45) is 5.11 Å². The van der Waals surface area contributed by atoms with E-state index in [0.29, 0.717) is 40.7 Å². The molecule has 0 atom stereocenters. The summed E-state index contributed by atoms with van der Waals surface area (Å²) in [6, 6.07) is 14.8. The number of nitrogens with two attached hydrogens (primary N) is 1. The summed E-state index contributed by atoms with van der Waals surface area (Å²) < 4.78 is 5.41. The number of benzene rings is 1. The van der Waals surface area contributed by atoms with Gasteiger partial charge in [0, 0.05) is 17.5 Å². The predicted octanol–water partition coefficient (Wildman–Crippen LogP) is 4.24. The van der Waals surface area contributed by atoms with Gasteiger partial charge in [0.25, 0.3) is 0 Å².